The SMILES string of the molecule is Cl.O=C(O)Oc1nc2ccccn2c1Cl. The van der Waals surface area contributed by atoms with E-state index in [4.69, 9.17) is 16.7 Å². The molecule has 0 aliphatic carbocycles. The molecule has 2 heterocycles. The Morgan fingerprint density at radius 3 is 2.87 bits per heavy atom. The lowest BCUT2D eigenvalue weighted by atomic mass is 10.5. The molecule has 0 saturated heterocycles. The van der Waals surface area contributed by atoms with Gasteiger partial charge in [-0.25, -0.2) is 4.79 Å². The van der Waals surface area contributed by atoms with Crippen LogP contribution >= 0.6 is 24.0 Å². The van der Waals surface area contributed by atoms with Crippen LogP contribution in [0.3, 0.4) is 0 Å². The van der Waals surface area contributed by atoms with Crippen LogP contribution in [-0.2, 0) is 0 Å². The smallest absolute Gasteiger partial charge is 0.449 e. The molecule has 0 aliphatic rings. The Morgan fingerprint density at radius 2 is 2.27 bits per heavy atom. The Hall–Kier alpha value is -1.46. The van der Waals surface area contributed by atoms with Crippen molar-refractivity contribution in [3.63, 3.8) is 0 Å². The first-order valence-electron chi connectivity index (χ1n) is 3.72. The van der Waals surface area contributed by atoms with Crippen LogP contribution in [0.25, 0.3) is 5.65 Å². The molecular weight excluding hydrogens is 243 g/mol. The number of aromatic nitrogens is 2. The van der Waals surface area contributed by atoms with Gasteiger partial charge in [0.05, 0.1) is 0 Å². The molecular formula is C8H6Cl2N2O3. The summed E-state index contributed by atoms with van der Waals surface area (Å²) in [6, 6.07) is 5.22. The Bertz CT molecular complexity index is 498. The molecule has 0 unspecified atom stereocenters. The Balaban J connectivity index is 0.00000112. The van der Waals surface area contributed by atoms with Gasteiger partial charge in [-0.3, -0.25) is 4.40 Å². The standard InChI is InChI=1S/C8H5ClN2O3.ClH/c9-6-7(14-8(12)13)10-5-3-1-2-4-11(5)6;/h1-4H,(H,12,13);1H. The molecule has 0 aliphatic heterocycles. The first-order valence-corrected chi connectivity index (χ1v) is 4.09. The topological polar surface area (TPSA) is 63.8 Å². The van der Waals surface area contributed by atoms with E-state index in [1.807, 2.05) is 0 Å². The van der Waals surface area contributed by atoms with E-state index in [1.165, 1.54) is 4.40 Å². The van der Waals surface area contributed by atoms with Gasteiger partial charge in [-0.2, -0.15) is 4.98 Å². The van der Waals surface area contributed by atoms with E-state index < -0.39 is 6.16 Å². The zero-order valence-corrected chi connectivity index (χ0v) is 8.83. The second-order valence-electron chi connectivity index (χ2n) is 2.50. The van der Waals surface area contributed by atoms with Crippen molar-refractivity contribution < 1.29 is 14.6 Å². The predicted octanol–water partition coefficient (Wildman–Crippen LogP) is 2.47. The third kappa shape index (κ3) is 2.14. The Morgan fingerprint density at radius 1 is 1.53 bits per heavy atom. The lowest BCUT2D eigenvalue weighted by molar-refractivity contribution is 0.143. The summed E-state index contributed by atoms with van der Waals surface area (Å²) in [5.41, 5.74) is 0.536. The average Bonchev–Trinajstić information content (AvgIpc) is 2.44. The molecule has 0 radical (unpaired) electrons. The highest BCUT2D eigenvalue weighted by Gasteiger charge is 2.13. The van der Waals surface area contributed by atoms with Crippen molar-refractivity contribution in [2.75, 3.05) is 0 Å². The molecule has 80 valence electrons. The number of ether oxygens (including phenoxy) is 1. The minimum atomic E-state index is -1.43. The highest BCUT2D eigenvalue weighted by Crippen LogP contribution is 2.24. The summed E-state index contributed by atoms with van der Waals surface area (Å²) in [6.07, 6.45) is 0.231. The van der Waals surface area contributed by atoms with Crippen LogP contribution in [0.1, 0.15) is 0 Å². The normalized spacial score (nSPS) is 9.67. The number of rotatable bonds is 1. The number of imidazole rings is 1. The van der Waals surface area contributed by atoms with Crippen LogP contribution in [0.5, 0.6) is 5.88 Å². The van der Waals surface area contributed by atoms with Gasteiger partial charge in [-0.1, -0.05) is 17.7 Å². The Kier molecular flexibility index (Phi) is 3.39. The summed E-state index contributed by atoms with van der Waals surface area (Å²) in [5, 5.41) is 8.53. The minimum absolute atomic E-state index is 0. The first kappa shape index (κ1) is 11.6. The molecule has 5 nitrogen and oxygen atoms in total. The van der Waals surface area contributed by atoms with Gasteiger partial charge in [-0.05, 0) is 12.1 Å². The highest BCUT2D eigenvalue weighted by molar-refractivity contribution is 6.31. The van der Waals surface area contributed by atoms with E-state index in [-0.39, 0.29) is 23.4 Å². The van der Waals surface area contributed by atoms with Gasteiger partial charge in [0.2, 0.25) is 0 Å². The van der Waals surface area contributed by atoms with Crippen LogP contribution < -0.4 is 4.74 Å². The van der Waals surface area contributed by atoms with Crippen molar-refractivity contribution in [1.29, 1.82) is 0 Å². The molecule has 0 bridgehead atoms. The van der Waals surface area contributed by atoms with Gasteiger partial charge in [-0.15, -0.1) is 12.4 Å². The van der Waals surface area contributed by atoms with Crippen molar-refractivity contribution in [2.24, 2.45) is 0 Å². The molecule has 1 N–H and O–H groups in total. The molecule has 0 saturated carbocycles. The van der Waals surface area contributed by atoms with E-state index in [0.717, 1.165) is 0 Å². The number of fused-ring (bicyclic) bond motifs is 1. The van der Waals surface area contributed by atoms with Gasteiger partial charge in [0.15, 0.2) is 5.15 Å². The maximum absolute atomic E-state index is 10.3. The van der Waals surface area contributed by atoms with Gasteiger partial charge < -0.3 is 9.84 Å². The number of hydrogen-bond donors (Lipinski definition) is 1. The van der Waals surface area contributed by atoms with E-state index >= 15 is 0 Å². The maximum Gasteiger partial charge on any atom is 0.512 e. The second kappa shape index (κ2) is 4.37. The van der Waals surface area contributed by atoms with Crippen molar-refractivity contribution in [1.82, 2.24) is 9.38 Å². The molecule has 2 aromatic rings. The van der Waals surface area contributed by atoms with E-state index in [0.29, 0.717) is 5.65 Å². The van der Waals surface area contributed by atoms with Gasteiger partial charge in [0.25, 0.3) is 5.88 Å². The minimum Gasteiger partial charge on any atom is -0.449 e. The molecule has 2 rings (SSSR count). The number of hydrogen-bond acceptors (Lipinski definition) is 3. The molecule has 15 heavy (non-hydrogen) atoms. The lowest BCUT2D eigenvalue weighted by Gasteiger charge is -1.93. The molecule has 7 heteroatoms. The fourth-order valence-corrected chi connectivity index (χ4v) is 1.32. The van der Waals surface area contributed by atoms with Crippen LogP contribution in [0.15, 0.2) is 24.4 Å². The second-order valence-corrected chi connectivity index (χ2v) is 2.86. The molecule has 0 atom stereocenters. The third-order valence-electron chi connectivity index (χ3n) is 1.63. The van der Waals surface area contributed by atoms with Crippen molar-refractivity contribution in [2.45, 2.75) is 0 Å². The monoisotopic (exact) mass is 248 g/mol. The summed E-state index contributed by atoms with van der Waals surface area (Å²) in [7, 11) is 0. The quantitative estimate of drug-likeness (QED) is 0.788. The summed E-state index contributed by atoms with van der Waals surface area (Å²) in [5.74, 6) is -0.106. The number of halogens is 2. The molecule has 0 aromatic carbocycles. The summed E-state index contributed by atoms with van der Waals surface area (Å²) in [4.78, 5) is 14.1. The van der Waals surface area contributed by atoms with Gasteiger partial charge in [0, 0.05) is 6.20 Å². The zero-order valence-electron chi connectivity index (χ0n) is 7.25. The number of carbonyl (C=O) groups is 1. The molecule has 0 amide bonds. The largest absolute Gasteiger partial charge is 0.512 e. The predicted molar refractivity (Wildman–Crippen MR) is 56.1 cm³/mol. The van der Waals surface area contributed by atoms with Crippen LogP contribution in [0.4, 0.5) is 4.79 Å². The average molecular weight is 249 g/mol. The highest BCUT2D eigenvalue weighted by atomic mass is 35.5. The van der Waals surface area contributed by atoms with E-state index in [2.05, 4.69) is 9.72 Å². The number of pyridine rings is 1. The zero-order chi connectivity index (χ0) is 10.1. The maximum atomic E-state index is 10.3. The fraction of sp³-hybridized carbons (Fsp3) is 0. The summed E-state index contributed by atoms with van der Waals surface area (Å²) >= 11 is 5.81. The summed E-state index contributed by atoms with van der Waals surface area (Å²) < 4.78 is 5.91. The number of nitrogens with zero attached hydrogens (tertiary/aromatic N) is 2. The molecule has 2 aromatic heterocycles. The van der Waals surface area contributed by atoms with Crippen molar-refractivity contribution in [3.8, 4) is 5.88 Å². The van der Waals surface area contributed by atoms with Crippen LogP contribution in [-0.4, -0.2) is 20.6 Å². The van der Waals surface area contributed by atoms with Crippen LogP contribution in [0.2, 0.25) is 5.15 Å². The first-order chi connectivity index (χ1) is 6.68. The molecule has 0 spiro atoms. The molecule has 0 fully saturated rings. The van der Waals surface area contributed by atoms with Crippen LogP contribution in [0, 0.1) is 0 Å². The van der Waals surface area contributed by atoms with Gasteiger partial charge in [0.1, 0.15) is 5.65 Å². The van der Waals surface area contributed by atoms with Crippen molar-refractivity contribution in [3.05, 3.63) is 29.5 Å². The van der Waals surface area contributed by atoms with E-state index in [1.54, 1.807) is 24.4 Å². The third-order valence-corrected chi connectivity index (χ3v) is 1.97. The van der Waals surface area contributed by atoms with Crippen molar-refractivity contribution >= 4 is 35.8 Å². The van der Waals surface area contributed by atoms with Gasteiger partial charge >= 0.3 is 6.16 Å². The lowest BCUT2D eigenvalue weighted by Crippen LogP contribution is -2.03. The van der Waals surface area contributed by atoms with E-state index in [9.17, 15) is 4.79 Å². The number of carboxylic acid groups (broad SMARTS) is 1. The Labute approximate surface area is 95.7 Å². The fourth-order valence-electron chi connectivity index (χ4n) is 1.09. The summed E-state index contributed by atoms with van der Waals surface area (Å²) in [6.45, 7) is 0.